The number of hydrogen-bond donors (Lipinski definition) is 4. The highest BCUT2D eigenvalue weighted by Crippen LogP contribution is 2.61. The Kier molecular flexibility index (Phi) is 9.40. The molecule has 1 amide bonds. The minimum atomic E-state index is -4.87. The van der Waals surface area contributed by atoms with Crippen LogP contribution >= 0.6 is 15.0 Å². The van der Waals surface area contributed by atoms with Crippen LogP contribution in [0.25, 0.3) is 16.6 Å². The van der Waals surface area contributed by atoms with E-state index in [9.17, 15) is 47.7 Å². The van der Waals surface area contributed by atoms with Crippen LogP contribution in [0, 0.1) is 11.6 Å². The third-order valence-electron chi connectivity index (χ3n) is 7.77. The van der Waals surface area contributed by atoms with Crippen molar-refractivity contribution in [3.8, 4) is 11.4 Å². The van der Waals surface area contributed by atoms with Crippen molar-refractivity contribution >= 4 is 43.6 Å². The molecule has 0 bridgehead atoms. The lowest BCUT2D eigenvalue weighted by atomic mass is 10.1. The zero-order valence-electron chi connectivity index (χ0n) is 24.7. The van der Waals surface area contributed by atoms with Crippen molar-refractivity contribution < 1.29 is 52.0 Å². The van der Waals surface area contributed by atoms with Gasteiger partial charge in [-0.3, -0.25) is 13.9 Å². The highest BCUT2D eigenvalue weighted by Gasteiger charge is 2.40. The summed E-state index contributed by atoms with van der Waals surface area (Å²) in [6, 6.07) is 13.1. The first-order valence-electron chi connectivity index (χ1n) is 14.1. The van der Waals surface area contributed by atoms with Gasteiger partial charge in [0.05, 0.1) is 11.2 Å². The van der Waals surface area contributed by atoms with Gasteiger partial charge in [0.15, 0.2) is 0 Å². The third kappa shape index (κ3) is 7.45. The number of anilines is 1. The van der Waals surface area contributed by atoms with Crippen molar-refractivity contribution in [2.24, 2.45) is 0 Å². The number of benzene rings is 3. The number of pyridine rings is 1. The molecule has 248 valence electrons. The first-order chi connectivity index (χ1) is 22.0. The zero-order chi connectivity index (χ0) is 34.3. The van der Waals surface area contributed by atoms with Gasteiger partial charge in [0.25, 0.3) is 0 Å². The molecule has 2 heterocycles. The molecule has 0 aliphatic carbocycles. The lowest BCUT2D eigenvalue weighted by molar-refractivity contribution is 0.0695. The first-order valence-corrected chi connectivity index (χ1v) is 17.9. The summed E-state index contributed by atoms with van der Waals surface area (Å²) in [6.45, 7) is 1.48. The van der Waals surface area contributed by atoms with E-state index in [-0.39, 0.29) is 54.9 Å². The van der Waals surface area contributed by atoms with Gasteiger partial charge in [0.1, 0.15) is 28.3 Å². The maximum absolute atomic E-state index is 15.4. The summed E-state index contributed by atoms with van der Waals surface area (Å²) < 4.78 is 59.5. The summed E-state index contributed by atoms with van der Waals surface area (Å²) in [4.78, 5) is 69.3. The van der Waals surface area contributed by atoms with Crippen LogP contribution in [-0.2, 0) is 15.6 Å². The molecule has 2 unspecified atom stereocenters. The Hall–Kier alpha value is -4.39. The fourth-order valence-corrected chi connectivity index (χ4v) is 8.54. The average molecular weight is 692 g/mol. The number of piperazine rings is 1. The molecule has 5 rings (SSSR count). The van der Waals surface area contributed by atoms with Crippen LogP contribution in [-0.4, -0.2) is 79.6 Å². The second kappa shape index (κ2) is 13.0. The molecule has 4 N–H and O–H groups in total. The molecular formula is C30H29F2N3O10P2. The second-order valence-corrected chi connectivity index (χ2v) is 15.8. The van der Waals surface area contributed by atoms with Gasteiger partial charge in [-0.1, -0.05) is 12.1 Å². The number of hydrogen-bond acceptors (Lipinski definition) is 7. The molecule has 0 saturated carbocycles. The Bertz CT molecular complexity index is 1980. The van der Waals surface area contributed by atoms with Crippen molar-refractivity contribution in [2.75, 3.05) is 37.7 Å². The normalized spacial score (nSPS) is 15.7. The van der Waals surface area contributed by atoms with Crippen molar-refractivity contribution in [3.63, 3.8) is 0 Å². The Labute approximate surface area is 265 Å². The van der Waals surface area contributed by atoms with Crippen LogP contribution < -0.4 is 15.1 Å². The predicted octanol–water partition coefficient (Wildman–Crippen LogP) is 4.23. The largest absolute Gasteiger partial charge is 0.477 e. The van der Waals surface area contributed by atoms with Gasteiger partial charge >= 0.3 is 19.7 Å². The maximum Gasteiger partial charge on any atom is 0.415 e. The number of nitrogens with zero attached hydrogens (tertiary/aromatic N) is 3. The zero-order valence-corrected chi connectivity index (χ0v) is 26.5. The van der Waals surface area contributed by atoms with E-state index in [0.29, 0.717) is 11.3 Å². The van der Waals surface area contributed by atoms with Gasteiger partial charge in [-0.2, -0.15) is 0 Å². The smallest absolute Gasteiger partial charge is 0.415 e. The molecule has 3 aromatic carbocycles. The lowest BCUT2D eigenvalue weighted by Gasteiger charge is -2.35. The van der Waals surface area contributed by atoms with Crippen LogP contribution in [0.1, 0.15) is 15.9 Å². The van der Waals surface area contributed by atoms with Crippen molar-refractivity contribution in [1.82, 2.24) is 9.47 Å². The molecule has 47 heavy (non-hydrogen) atoms. The molecule has 0 spiro atoms. The minimum Gasteiger partial charge on any atom is -0.477 e. The number of carboxylic acid groups (broad SMARTS) is 1. The molecule has 17 heteroatoms. The maximum atomic E-state index is 15.4. The summed E-state index contributed by atoms with van der Waals surface area (Å²) in [6.07, 6.45) is 0.0357. The van der Waals surface area contributed by atoms with Crippen molar-refractivity contribution in [3.05, 3.63) is 99.8 Å². The first kappa shape index (κ1) is 34.0. The van der Waals surface area contributed by atoms with Gasteiger partial charge in [-0.15, -0.1) is 0 Å². The molecule has 1 fully saturated rings. The van der Waals surface area contributed by atoms with E-state index in [1.807, 2.05) is 0 Å². The molecule has 13 nitrogen and oxygen atoms in total. The summed E-state index contributed by atoms with van der Waals surface area (Å²) >= 11 is 0. The Morgan fingerprint density at radius 3 is 2.11 bits per heavy atom. The van der Waals surface area contributed by atoms with Crippen LogP contribution in [0.2, 0.25) is 0 Å². The van der Waals surface area contributed by atoms with E-state index in [1.165, 1.54) is 64.1 Å². The molecule has 1 aliphatic rings. The fourth-order valence-electron chi connectivity index (χ4n) is 5.31. The summed E-state index contributed by atoms with van der Waals surface area (Å²) in [5.41, 5.74) is -0.467. The molecule has 1 saturated heterocycles. The number of amides is 1. The number of fused-ring (bicyclic) bond motifs is 1. The standard InChI is InChI=1S/C30H29F2N3O10P2/c1-46(40,41)27(47(42,43)44)14-18-2-8-21(9-3-18)45-30(39)34-12-10-33(11-13-34)26-16-25-22(15-24(26)32)28(36)23(29(37)38)17-35(25)20-6-4-19(31)5-7-20/h2-9,15-17,27H,10-14H2,1H3,(H,37,38)(H,40,41)(H2,42,43,44). The van der Waals surface area contributed by atoms with Crippen LogP contribution in [0.15, 0.2) is 71.7 Å². The van der Waals surface area contributed by atoms with Gasteiger partial charge in [-0.25, -0.2) is 18.4 Å². The van der Waals surface area contributed by atoms with Crippen molar-refractivity contribution in [2.45, 2.75) is 11.8 Å². The lowest BCUT2D eigenvalue weighted by Crippen LogP contribution is -2.49. The molecule has 2 atom stereocenters. The monoisotopic (exact) mass is 691 g/mol. The topological polar surface area (TPSA) is 187 Å². The fraction of sp³-hybridized carbons (Fsp3) is 0.233. The second-order valence-electron chi connectivity index (χ2n) is 11.0. The van der Waals surface area contributed by atoms with E-state index >= 15 is 4.39 Å². The molecule has 1 aliphatic heterocycles. The van der Waals surface area contributed by atoms with Gasteiger partial charge in [-0.05, 0) is 60.5 Å². The number of aromatic carboxylic acids is 1. The summed E-state index contributed by atoms with van der Waals surface area (Å²) in [5.74, 6) is -2.68. The third-order valence-corrected chi connectivity index (χ3v) is 12.2. The Morgan fingerprint density at radius 2 is 1.55 bits per heavy atom. The molecular weight excluding hydrogens is 662 g/mol. The molecule has 4 aromatic rings. The van der Waals surface area contributed by atoms with E-state index in [2.05, 4.69) is 0 Å². The predicted molar refractivity (Wildman–Crippen MR) is 168 cm³/mol. The van der Waals surface area contributed by atoms with E-state index < -0.39 is 55.1 Å². The number of carbonyl (C=O) groups excluding carboxylic acids is 1. The molecule has 1 aromatic heterocycles. The average Bonchev–Trinajstić information content (AvgIpc) is 3.00. The summed E-state index contributed by atoms with van der Waals surface area (Å²) in [7, 11) is -8.98. The highest BCUT2D eigenvalue weighted by molar-refractivity contribution is 7.73. The number of halogens is 2. The highest BCUT2D eigenvalue weighted by atomic mass is 31.2. The van der Waals surface area contributed by atoms with E-state index in [1.54, 1.807) is 4.90 Å². The number of carboxylic acids is 1. The quantitative estimate of drug-likeness (QED) is 0.194. The SMILES string of the molecule is CP(=O)(O)C(Cc1ccc(OC(=O)N2CCN(c3cc4c(cc3F)c(=O)c(C(=O)O)cn4-c3ccc(F)cc3)CC2)cc1)P(=O)(O)O. The minimum absolute atomic E-state index is 0.104. The van der Waals surface area contributed by atoms with Gasteiger partial charge in [0.2, 0.25) is 12.8 Å². The Balaban J connectivity index is 1.31. The molecule has 0 radical (unpaired) electrons. The van der Waals surface area contributed by atoms with Crippen LogP contribution in [0.4, 0.5) is 19.3 Å². The number of carbonyl (C=O) groups is 2. The number of aromatic nitrogens is 1. The number of ether oxygens (including phenoxy) is 1. The van der Waals surface area contributed by atoms with Gasteiger partial charge < -0.3 is 38.9 Å². The Morgan fingerprint density at radius 1 is 0.936 bits per heavy atom. The van der Waals surface area contributed by atoms with Crippen molar-refractivity contribution in [1.29, 1.82) is 0 Å². The van der Waals surface area contributed by atoms with E-state index in [4.69, 9.17) is 4.74 Å². The summed E-state index contributed by atoms with van der Waals surface area (Å²) in [5, 5.41) is 7.61. The van der Waals surface area contributed by atoms with Crippen LogP contribution in [0.5, 0.6) is 5.75 Å². The number of rotatable bonds is 8. The van der Waals surface area contributed by atoms with Crippen LogP contribution in [0.3, 0.4) is 0 Å². The van der Waals surface area contributed by atoms with Gasteiger partial charge in [0, 0.05) is 50.1 Å². The van der Waals surface area contributed by atoms with E-state index in [0.717, 1.165) is 18.9 Å².